The Kier molecular flexibility index (Phi) is 2.88. The summed E-state index contributed by atoms with van der Waals surface area (Å²) in [4.78, 5) is 13.0. The van der Waals surface area contributed by atoms with Gasteiger partial charge in [-0.05, 0) is 12.8 Å². The van der Waals surface area contributed by atoms with Crippen LogP contribution in [0.15, 0.2) is 0 Å². The van der Waals surface area contributed by atoms with Gasteiger partial charge in [0, 0.05) is 19.6 Å². The number of ether oxygens (including phenoxy) is 1. The Balaban J connectivity index is 1.72. The zero-order valence-electron chi connectivity index (χ0n) is 8.11. The molecule has 0 spiro atoms. The molecular formula is C9H16N2O3. The summed E-state index contributed by atoms with van der Waals surface area (Å²) in [7, 11) is 0. The number of alkyl carbamates (subject to hydrolysis) is 1. The monoisotopic (exact) mass is 200 g/mol. The quantitative estimate of drug-likeness (QED) is 0.634. The standard InChI is InChI=1S/C9H16N2O3/c12-7-1-3-11(4-2-7)6-8-5-10-9(13)14-8/h7-8,12H,1-6H2,(H,10,13)/t8-/m1/s1. The van der Waals surface area contributed by atoms with E-state index >= 15 is 0 Å². The molecule has 2 N–H and O–H groups in total. The number of carbonyl (C=O) groups excluding carboxylic acids is 1. The summed E-state index contributed by atoms with van der Waals surface area (Å²) in [5.74, 6) is 0. The van der Waals surface area contributed by atoms with E-state index in [-0.39, 0.29) is 18.3 Å². The van der Waals surface area contributed by atoms with Crippen LogP contribution in [0.25, 0.3) is 0 Å². The molecule has 0 aromatic carbocycles. The number of aliphatic hydroxyl groups is 1. The van der Waals surface area contributed by atoms with E-state index in [0.29, 0.717) is 6.54 Å². The van der Waals surface area contributed by atoms with Crippen molar-refractivity contribution < 1.29 is 14.6 Å². The number of cyclic esters (lactones) is 1. The molecule has 2 rings (SSSR count). The summed E-state index contributed by atoms with van der Waals surface area (Å²) in [5, 5.41) is 11.9. The van der Waals surface area contributed by atoms with Gasteiger partial charge in [-0.1, -0.05) is 0 Å². The highest BCUT2D eigenvalue weighted by atomic mass is 16.6. The van der Waals surface area contributed by atoms with E-state index in [1.165, 1.54) is 0 Å². The summed E-state index contributed by atoms with van der Waals surface area (Å²) >= 11 is 0. The molecule has 0 aliphatic carbocycles. The van der Waals surface area contributed by atoms with E-state index in [9.17, 15) is 9.90 Å². The number of amides is 1. The fourth-order valence-electron chi connectivity index (χ4n) is 1.92. The van der Waals surface area contributed by atoms with Crippen LogP contribution in [0.1, 0.15) is 12.8 Å². The first-order valence-corrected chi connectivity index (χ1v) is 5.09. The maximum absolute atomic E-state index is 10.8. The van der Waals surface area contributed by atoms with E-state index in [2.05, 4.69) is 10.2 Å². The van der Waals surface area contributed by atoms with Gasteiger partial charge in [0.1, 0.15) is 6.10 Å². The molecule has 0 saturated carbocycles. The minimum Gasteiger partial charge on any atom is -0.443 e. The normalized spacial score (nSPS) is 30.1. The number of nitrogens with one attached hydrogen (secondary N) is 1. The van der Waals surface area contributed by atoms with Gasteiger partial charge in [-0.3, -0.25) is 4.90 Å². The summed E-state index contributed by atoms with van der Waals surface area (Å²) in [5.41, 5.74) is 0. The lowest BCUT2D eigenvalue weighted by atomic mass is 10.1. The fraction of sp³-hybridized carbons (Fsp3) is 0.889. The molecule has 1 atom stereocenters. The number of hydrogen-bond acceptors (Lipinski definition) is 4. The first-order chi connectivity index (χ1) is 6.74. The molecule has 5 heteroatoms. The smallest absolute Gasteiger partial charge is 0.407 e. The van der Waals surface area contributed by atoms with E-state index in [1.54, 1.807) is 0 Å². The third kappa shape index (κ3) is 2.36. The molecule has 2 saturated heterocycles. The molecule has 1 amide bonds. The maximum Gasteiger partial charge on any atom is 0.407 e. The van der Waals surface area contributed by atoms with Gasteiger partial charge in [0.25, 0.3) is 0 Å². The van der Waals surface area contributed by atoms with Crippen molar-refractivity contribution in [1.29, 1.82) is 0 Å². The summed E-state index contributed by atoms with van der Waals surface area (Å²) < 4.78 is 5.04. The molecule has 0 aromatic heterocycles. The van der Waals surface area contributed by atoms with Crippen molar-refractivity contribution in [3.8, 4) is 0 Å². The lowest BCUT2D eigenvalue weighted by Crippen LogP contribution is -2.41. The van der Waals surface area contributed by atoms with Gasteiger partial charge < -0.3 is 15.2 Å². The van der Waals surface area contributed by atoms with Crippen LogP contribution in [0.2, 0.25) is 0 Å². The third-order valence-corrected chi connectivity index (χ3v) is 2.77. The van der Waals surface area contributed by atoms with Crippen molar-refractivity contribution in [2.75, 3.05) is 26.2 Å². The predicted molar refractivity (Wildman–Crippen MR) is 50.0 cm³/mol. The van der Waals surface area contributed by atoms with Crippen molar-refractivity contribution in [2.45, 2.75) is 25.0 Å². The van der Waals surface area contributed by atoms with Crippen LogP contribution in [0.3, 0.4) is 0 Å². The van der Waals surface area contributed by atoms with E-state index in [0.717, 1.165) is 32.5 Å². The van der Waals surface area contributed by atoms with Crippen LogP contribution in [0.5, 0.6) is 0 Å². The third-order valence-electron chi connectivity index (χ3n) is 2.77. The summed E-state index contributed by atoms with van der Waals surface area (Å²) in [6.07, 6.45) is 1.18. The Morgan fingerprint density at radius 1 is 1.50 bits per heavy atom. The highest BCUT2D eigenvalue weighted by Gasteiger charge is 2.26. The average molecular weight is 200 g/mol. The maximum atomic E-state index is 10.8. The number of rotatable bonds is 2. The van der Waals surface area contributed by atoms with Gasteiger partial charge in [0.15, 0.2) is 0 Å². The first-order valence-electron chi connectivity index (χ1n) is 5.09. The van der Waals surface area contributed by atoms with Crippen LogP contribution in [-0.2, 0) is 4.74 Å². The molecule has 0 aromatic rings. The largest absolute Gasteiger partial charge is 0.443 e. The van der Waals surface area contributed by atoms with Gasteiger partial charge in [-0.2, -0.15) is 0 Å². The molecule has 5 nitrogen and oxygen atoms in total. The molecule has 0 radical (unpaired) electrons. The number of carbonyl (C=O) groups is 1. The van der Waals surface area contributed by atoms with Crippen LogP contribution < -0.4 is 5.32 Å². The second kappa shape index (κ2) is 4.14. The highest BCUT2D eigenvalue weighted by Crippen LogP contribution is 2.12. The number of likely N-dealkylation sites (tertiary alicyclic amines) is 1. The topological polar surface area (TPSA) is 61.8 Å². The van der Waals surface area contributed by atoms with E-state index in [1.807, 2.05) is 0 Å². The SMILES string of the molecule is O=C1NC[C@H](CN2CCC(O)CC2)O1. The Bertz CT molecular complexity index is 214. The van der Waals surface area contributed by atoms with Crippen molar-refractivity contribution in [3.05, 3.63) is 0 Å². The van der Waals surface area contributed by atoms with Crippen molar-refractivity contribution in [2.24, 2.45) is 0 Å². The number of hydrogen-bond donors (Lipinski definition) is 2. The zero-order valence-corrected chi connectivity index (χ0v) is 8.11. The zero-order chi connectivity index (χ0) is 9.97. The molecule has 2 aliphatic heterocycles. The lowest BCUT2D eigenvalue weighted by Gasteiger charge is -2.30. The van der Waals surface area contributed by atoms with Gasteiger partial charge in [0.2, 0.25) is 0 Å². The number of piperidine rings is 1. The summed E-state index contributed by atoms with van der Waals surface area (Å²) in [6.45, 7) is 3.19. The Morgan fingerprint density at radius 2 is 2.21 bits per heavy atom. The predicted octanol–water partition coefficient (Wildman–Crippen LogP) is -0.449. The molecule has 2 fully saturated rings. The molecule has 80 valence electrons. The van der Waals surface area contributed by atoms with Crippen LogP contribution in [0.4, 0.5) is 4.79 Å². The minimum atomic E-state index is -0.313. The first kappa shape index (κ1) is 9.73. The molecule has 0 bridgehead atoms. The molecule has 2 heterocycles. The van der Waals surface area contributed by atoms with Gasteiger partial charge >= 0.3 is 6.09 Å². The van der Waals surface area contributed by atoms with Crippen LogP contribution in [0, 0.1) is 0 Å². The van der Waals surface area contributed by atoms with Crippen LogP contribution >= 0.6 is 0 Å². The van der Waals surface area contributed by atoms with E-state index in [4.69, 9.17) is 4.74 Å². The average Bonchev–Trinajstić information content (AvgIpc) is 2.56. The van der Waals surface area contributed by atoms with Crippen molar-refractivity contribution in [3.63, 3.8) is 0 Å². The van der Waals surface area contributed by atoms with Gasteiger partial charge in [0.05, 0.1) is 12.6 Å². The second-order valence-corrected chi connectivity index (χ2v) is 3.94. The van der Waals surface area contributed by atoms with Gasteiger partial charge in [-0.15, -0.1) is 0 Å². The second-order valence-electron chi connectivity index (χ2n) is 3.94. The molecule has 0 unspecified atom stereocenters. The highest BCUT2D eigenvalue weighted by molar-refractivity contribution is 5.69. The Labute approximate surface area is 83.0 Å². The lowest BCUT2D eigenvalue weighted by molar-refractivity contribution is 0.0552. The molecule has 14 heavy (non-hydrogen) atoms. The minimum absolute atomic E-state index is 0.0160. The van der Waals surface area contributed by atoms with Crippen molar-refractivity contribution in [1.82, 2.24) is 10.2 Å². The van der Waals surface area contributed by atoms with E-state index < -0.39 is 0 Å². The fourth-order valence-corrected chi connectivity index (χ4v) is 1.92. The van der Waals surface area contributed by atoms with Crippen molar-refractivity contribution >= 4 is 6.09 Å². The Hall–Kier alpha value is -0.810. The van der Waals surface area contributed by atoms with Crippen LogP contribution in [-0.4, -0.2) is 54.5 Å². The molecule has 2 aliphatic rings. The number of aliphatic hydroxyl groups excluding tert-OH is 1. The number of nitrogens with zero attached hydrogens (tertiary/aromatic N) is 1. The Morgan fingerprint density at radius 3 is 2.79 bits per heavy atom. The van der Waals surface area contributed by atoms with Gasteiger partial charge in [-0.25, -0.2) is 4.79 Å². The summed E-state index contributed by atoms with van der Waals surface area (Å²) in [6, 6.07) is 0. The molecular weight excluding hydrogens is 184 g/mol.